The molecule has 0 aliphatic carbocycles. The molecular weight excluding hydrogens is 294 g/mol. The maximum absolute atomic E-state index is 4.59. The van der Waals surface area contributed by atoms with E-state index in [-0.39, 0.29) is 0 Å². The van der Waals surface area contributed by atoms with Gasteiger partial charge in [-0.1, -0.05) is 0 Å². The van der Waals surface area contributed by atoms with Crippen LogP contribution in [0.4, 0.5) is 10.8 Å². The van der Waals surface area contributed by atoms with Crippen LogP contribution < -0.4 is 10.2 Å². The maximum atomic E-state index is 4.59. The Labute approximate surface area is 133 Å². The van der Waals surface area contributed by atoms with E-state index in [0.717, 1.165) is 47.7 Å². The highest BCUT2D eigenvalue weighted by molar-refractivity contribution is 7.13. The minimum Gasteiger partial charge on any atom is -0.382 e. The van der Waals surface area contributed by atoms with Gasteiger partial charge in [0, 0.05) is 35.6 Å². The monoisotopic (exact) mass is 313 g/mol. The fourth-order valence-electron chi connectivity index (χ4n) is 2.97. The molecule has 1 aliphatic rings. The van der Waals surface area contributed by atoms with E-state index < -0.39 is 0 Å². The largest absolute Gasteiger partial charge is 0.382 e. The zero-order valence-electron chi connectivity index (χ0n) is 12.5. The number of aromatic amines is 1. The summed E-state index contributed by atoms with van der Waals surface area (Å²) in [6.07, 6.45) is 4.15. The Bertz CT molecular complexity index is 770. The molecule has 0 spiro atoms. The number of piperidine rings is 1. The molecule has 6 heteroatoms. The molecule has 1 aliphatic heterocycles. The second kappa shape index (κ2) is 5.61. The van der Waals surface area contributed by atoms with Crippen molar-refractivity contribution >= 4 is 33.1 Å². The van der Waals surface area contributed by atoms with Crippen molar-refractivity contribution in [3.8, 4) is 0 Å². The second-order valence-electron chi connectivity index (χ2n) is 5.85. The highest BCUT2D eigenvalue weighted by atomic mass is 32.1. The van der Waals surface area contributed by atoms with Crippen molar-refractivity contribution < 1.29 is 0 Å². The minimum atomic E-state index is 0.529. The Morgan fingerprint density at radius 2 is 2.18 bits per heavy atom. The van der Waals surface area contributed by atoms with E-state index in [2.05, 4.69) is 55.9 Å². The van der Waals surface area contributed by atoms with E-state index in [9.17, 15) is 0 Å². The summed E-state index contributed by atoms with van der Waals surface area (Å²) < 4.78 is 0. The van der Waals surface area contributed by atoms with Crippen molar-refractivity contribution in [1.29, 1.82) is 0 Å². The summed E-state index contributed by atoms with van der Waals surface area (Å²) in [7, 11) is 0. The van der Waals surface area contributed by atoms with Crippen LogP contribution in [0.3, 0.4) is 0 Å². The lowest BCUT2D eigenvalue weighted by atomic mass is 10.0. The van der Waals surface area contributed by atoms with E-state index in [0.29, 0.717) is 6.04 Å². The third-order valence-electron chi connectivity index (χ3n) is 4.18. The first-order chi connectivity index (χ1) is 10.8. The fourth-order valence-corrected chi connectivity index (χ4v) is 3.83. The first-order valence-corrected chi connectivity index (χ1v) is 8.53. The summed E-state index contributed by atoms with van der Waals surface area (Å²) in [5.41, 5.74) is 3.38. The SMILES string of the molecule is Cc1csc(N2CCC(Nc3ccc4[nH]ncc4c3)CC2)n1. The Kier molecular flexibility index (Phi) is 3.46. The number of nitrogens with one attached hydrogen (secondary N) is 2. The molecule has 114 valence electrons. The smallest absolute Gasteiger partial charge is 0.185 e. The molecular formula is C16H19N5S. The van der Waals surface area contributed by atoms with Gasteiger partial charge in [0.15, 0.2) is 5.13 Å². The van der Waals surface area contributed by atoms with Crippen LogP contribution in [0.1, 0.15) is 18.5 Å². The lowest BCUT2D eigenvalue weighted by Crippen LogP contribution is -2.39. The summed E-state index contributed by atoms with van der Waals surface area (Å²) in [6.45, 7) is 4.19. The average molecular weight is 313 g/mol. The molecule has 0 amide bonds. The molecule has 3 aromatic rings. The molecule has 2 aromatic heterocycles. The van der Waals surface area contributed by atoms with Gasteiger partial charge in [0.25, 0.3) is 0 Å². The number of rotatable bonds is 3. The van der Waals surface area contributed by atoms with Crippen molar-refractivity contribution in [2.45, 2.75) is 25.8 Å². The predicted molar refractivity (Wildman–Crippen MR) is 91.8 cm³/mol. The molecule has 0 unspecified atom stereocenters. The number of hydrogen-bond donors (Lipinski definition) is 2. The molecule has 22 heavy (non-hydrogen) atoms. The molecule has 1 aromatic carbocycles. The summed E-state index contributed by atoms with van der Waals surface area (Å²) in [6, 6.07) is 6.89. The van der Waals surface area contributed by atoms with Crippen LogP contribution in [0.2, 0.25) is 0 Å². The number of H-pyrrole nitrogens is 1. The van der Waals surface area contributed by atoms with Gasteiger partial charge in [0.1, 0.15) is 0 Å². The fraction of sp³-hybridized carbons (Fsp3) is 0.375. The molecule has 4 rings (SSSR count). The molecule has 0 bridgehead atoms. The minimum absolute atomic E-state index is 0.529. The van der Waals surface area contributed by atoms with Crippen LogP contribution in [0.25, 0.3) is 10.9 Å². The molecule has 1 fully saturated rings. The third-order valence-corrected chi connectivity index (χ3v) is 5.20. The molecule has 5 nitrogen and oxygen atoms in total. The number of fused-ring (bicyclic) bond motifs is 1. The predicted octanol–water partition coefficient (Wildman–Crippen LogP) is 3.41. The first kappa shape index (κ1) is 13.6. The van der Waals surface area contributed by atoms with Gasteiger partial charge >= 0.3 is 0 Å². The molecule has 2 N–H and O–H groups in total. The van der Waals surface area contributed by atoms with Crippen molar-refractivity contribution in [2.75, 3.05) is 23.3 Å². The van der Waals surface area contributed by atoms with E-state index >= 15 is 0 Å². The van der Waals surface area contributed by atoms with Crippen molar-refractivity contribution in [3.05, 3.63) is 35.5 Å². The van der Waals surface area contributed by atoms with Gasteiger partial charge in [0.2, 0.25) is 0 Å². The van der Waals surface area contributed by atoms with Crippen LogP contribution in [0, 0.1) is 6.92 Å². The van der Waals surface area contributed by atoms with Gasteiger partial charge < -0.3 is 10.2 Å². The summed E-state index contributed by atoms with van der Waals surface area (Å²) in [4.78, 5) is 6.98. The van der Waals surface area contributed by atoms with Crippen LogP contribution in [0.15, 0.2) is 29.8 Å². The molecule has 0 atom stereocenters. The number of thiazole rings is 1. The Hall–Kier alpha value is -2.08. The highest BCUT2D eigenvalue weighted by Gasteiger charge is 2.21. The van der Waals surface area contributed by atoms with E-state index in [1.54, 1.807) is 11.3 Å². The molecule has 3 heterocycles. The topological polar surface area (TPSA) is 56.8 Å². The van der Waals surface area contributed by atoms with E-state index in [1.165, 1.54) is 5.69 Å². The van der Waals surface area contributed by atoms with Gasteiger partial charge in [0.05, 0.1) is 17.4 Å². The van der Waals surface area contributed by atoms with E-state index in [1.807, 2.05) is 6.20 Å². The number of anilines is 2. The zero-order chi connectivity index (χ0) is 14.9. The zero-order valence-corrected chi connectivity index (χ0v) is 13.4. The van der Waals surface area contributed by atoms with Gasteiger partial charge in [-0.25, -0.2) is 4.98 Å². The standard InChI is InChI=1S/C16H19N5S/c1-11-10-22-16(18-11)21-6-4-13(5-7-21)19-14-2-3-15-12(8-14)9-17-20-15/h2-3,8-10,13,19H,4-7H2,1H3,(H,17,20). The van der Waals surface area contributed by atoms with Crippen LogP contribution in [0.5, 0.6) is 0 Å². The number of aromatic nitrogens is 3. The summed E-state index contributed by atoms with van der Waals surface area (Å²) in [5.74, 6) is 0. The van der Waals surface area contributed by atoms with Gasteiger partial charge in [-0.3, -0.25) is 5.10 Å². The van der Waals surface area contributed by atoms with Gasteiger partial charge in [-0.15, -0.1) is 11.3 Å². The van der Waals surface area contributed by atoms with Crippen LogP contribution in [-0.2, 0) is 0 Å². The lowest BCUT2D eigenvalue weighted by Gasteiger charge is -2.32. The Morgan fingerprint density at radius 1 is 1.32 bits per heavy atom. The maximum Gasteiger partial charge on any atom is 0.185 e. The lowest BCUT2D eigenvalue weighted by molar-refractivity contribution is 0.526. The third kappa shape index (κ3) is 2.66. The highest BCUT2D eigenvalue weighted by Crippen LogP contribution is 2.25. The number of aryl methyl sites for hydroxylation is 1. The number of nitrogens with zero attached hydrogens (tertiary/aromatic N) is 3. The first-order valence-electron chi connectivity index (χ1n) is 7.65. The van der Waals surface area contributed by atoms with E-state index in [4.69, 9.17) is 0 Å². The summed E-state index contributed by atoms with van der Waals surface area (Å²) >= 11 is 1.75. The Morgan fingerprint density at radius 3 is 2.95 bits per heavy atom. The molecule has 1 saturated heterocycles. The van der Waals surface area contributed by atoms with Crippen molar-refractivity contribution in [2.24, 2.45) is 0 Å². The van der Waals surface area contributed by atoms with Gasteiger partial charge in [-0.05, 0) is 38.0 Å². The summed E-state index contributed by atoms with van der Waals surface area (Å²) in [5, 5.41) is 15.2. The molecule has 0 radical (unpaired) electrons. The van der Waals surface area contributed by atoms with Gasteiger partial charge in [-0.2, -0.15) is 5.10 Å². The molecule has 0 saturated carbocycles. The van der Waals surface area contributed by atoms with Crippen molar-refractivity contribution in [3.63, 3.8) is 0 Å². The number of benzene rings is 1. The van der Waals surface area contributed by atoms with Crippen LogP contribution in [-0.4, -0.2) is 34.3 Å². The van der Waals surface area contributed by atoms with Crippen molar-refractivity contribution in [1.82, 2.24) is 15.2 Å². The second-order valence-corrected chi connectivity index (χ2v) is 6.69. The number of hydrogen-bond acceptors (Lipinski definition) is 5. The quantitative estimate of drug-likeness (QED) is 0.778. The average Bonchev–Trinajstić information content (AvgIpc) is 3.16. The van der Waals surface area contributed by atoms with Crippen LogP contribution >= 0.6 is 11.3 Å². The Balaban J connectivity index is 1.39. The normalized spacial score (nSPS) is 16.3.